The molecule has 4 rings (SSSR count). The lowest BCUT2D eigenvalue weighted by Crippen LogP contribution is -2.27. The maximum absolute atomic E-state index is 6.12. The van der Waals surface area contributed by atoms with Gasteiger partial charge in [-0.15, -0.1) is 0 Å². The number of likely N-dealkylation sites (tertiary alicyclic amines) is 1. The van der Waals surface area contributed by atoms with Crippen LogP contribution in [0.4, 0.5) is 5.95 Å². The number of rotatable bonds is 5. The quantitative estimate of drug-likeness (QED) is 0.733. The highest BCUT2D eigenvalue weighted by atomic mass is 16.3. The van der Waals surface area contributed by atoms with Crippen LogP contribution in [0.3, 0.4) is 0 Å². The molecule has 7 heteroatoms. The lowest BCUT2D eigenvalue weighted by atomic mass is 10.0. The number of nitrogens with zero attached hydrogens (tertiary/aromatic N) is 4. The molecule has 3 aromatic rings. The van der Waals surface area contributed by atoms with Gasteiger partial charge in [0.1, 0.15) is 17.0 Å². The molecule has 0 spiro atoms. The number of nitrogen functional groups attached to an aromatic ring is 1. The van der Waals surface area contributed by atoms with Gasteiger partial charge in [-0.25, -0.2) is 9.97 Å². The third-order valence-electron chi connectivity index (χ3n) is 4.89. The first kappa shape index (κ1) is 16.1. The number of aromatic nitrogens is 3. The Morgan fingerprint density at radius 1 is 1.24 bits per heavy atom. The monoisotopic (exact) mass is 340 g/mol. The van der Waals surface area contributed by atoms with E-state index < -0.39 is 0 Å². The van der Waals surface area contributed by atoms with Crippen molar-refractivity contribution >= 4 is 17.1 Å². The fourth-order valence-corrected chi connectivity index (χ4v) is 3.60. The Labute approximate surface area is 146 Å². The van der Waals surface area contributed by atoms with Gasteiger partial charge in [0, 0.05) is 31.2 Å². The predicted octanol–water partition coefficient (Wildman–Crippen LogP) is 1.71. The van der Waals surface area contributed by atoms with Crippen LogP contribution in [0.15, 0.2) is 28.7 Å². The standard InChI is InChI=1S/C18H24N6O/c1-12-2-3-14(25-12)11-24-17-16(22-18(24)20)5-4-15(21-17)13-6-8-23(10-13)9-7-19/h2-5,13H,6-11,19H2,1H3,(H2,20,22). The zero-order chi connectivity index (χ0) is 17.4. The zero-order valence-corrected chi connectivity index (χ0v) is 14.5. The van der Waals surface area contributed by atoms with Crippen LogP contribution in [0, 0.1) is 6.92 Å². The van der Waals surface area contributed by atoms with Crippen LogP contribution in [-0.4, -0.2) is 45.6 Å². The number of fused-ring (bicyclic) bond motifs is 1. The zero-order valence-electron chi connectivity index (χ0n) is 14.5. The largest absolute Gasteiger partial charge is 0.464 e. The molecule has 25 heavy (non-hydrogen) atoms. The van der Waals surface area contributed by atoms with Crippen LogP contribution in [0.2, 0.25) is 0 Å². The van der Waals surface area contributed by atoms with Crippen molar-refractivity contribution in [3.05, 3.63) is 41.5 Å². The fraction of sp³-hybridized carbons (Fsp3) is 0.444. The van der Waals surface area contributed by atoms with Crippen molar-refractivity contribution in [1.82, 2.24) is 19.4 Å². The third kappa shape index (κ3) is 3.12. The van der Waals surface area contributed by atoms with E-state index in [0.717, 1.165) is 54.4 Å². The summed E-state index contributed by atoms with van der Waals surface area (Å²) in [5.74, 6) is 2.64. The summed E-state index contributed by atoms with van der Waals surface area (Å²) in [6.07, 6.45) is 1.11. The number of hydrogen-bond acceptors (Lipinski definition) is 6. The molecule has 1 unspecified atom stereocenters. The van der Waals surface area contributed by atoms with Crippen molar-refractivity contribution in [3.63, 3.8) is 0 Å². The van der Waals surface area contributed by atoms with E-state index >= 15 is 0 Å². The fourth-order valence-electron chi connectivity index (χ4n) is 3.60. The van der Waals surface area contributed by atoms with E-state index in [-0.39, 0.29) is 0 Å². The molecule has 0 aromatic carbocycles. The van der Waals surface area contributed by atoms with Gasteiger partial charge in [0.15, 0.2) is 5.65 Å². The molecule has 132 valence electrons. The van der Waals surface area contributed by atoms with E-state index in [1.165, 1.54) is 0 Å². The number of anilines is 1. The average molecular weight is 340 g/mol. The summed E-state index contributed by atoms with van der Waals surface area (Å²) in [7, 11) is 0. The van der Waals surface area contributed by atoms with Gasteiger partial charge in [0.25, 0.3) is 0 Å². The molecular weight excluding hydrogens is 316 g/mol. The molecule has 4 heterocycles. The van der Waals surface area contributed by atoms with E-state index in [0.29, 0.717) is 25.0 Å². The van der Waals surface area contributed by atoms with Gasteiger partial charge in [0.05, 0.1) is 6.54 Å². The summed E-state index contributed by atoms with van der Waals surface area (Å²) in [5.41, 5.74) is 14.5. The lowest BCUT2D eigenvalue weighted by Gasteiger charge is -2.14. The second-order valence-corrected chi connectivity index (χ2v) is 6.72. The minimum Gasteiger partial charge on any atom is -0.464 e. The Morgan fingerprint density at radius 3 is 2.88 bits per heavy atom. The van der Waals surface area contributed by atoms with E-state index in [1.807, 2.05) is 29.7 Å². The maximum atomic E-state index is 6.12. The summed E-state index contributed by atoms with van der Waals surface area (Å²) >= 11 is 0. The molecule has 0 radical (unpaired) electrons. The first-order valence-electron chi connectivity index (χ1n) is 8.74. The van der Waals surface area contributed by atoms with Crippen molar-refractivity contribution in [2.75, 3.05) is 31.9 Å². The molecule has 1 aliphatic rings. The number of nitrogens with two attached hydrogens (primary N) is 2. The van der Waals surface area contributed by atoms with Gasteiger partial charge in [-0.3, -0.25) is 4.57 Å². The molecule has 4 N–H and O–H groups in total. The molecular formula is C18H24N6O. The van der Waals surface area contributed by atoms with Gasteiger partial charge < -0.3 is 20.8 Å². The van der Waals surface area contributed by atoms with Crippen LogP contribution in [0.1, 0.15) is 29.6 Å². The molecule has 0 saturated carbocycles. The topological polar surface area (TPSA) is 99.1 Å². The SMILES string of the molecule is Cc1ccc(Cn2c(N)nc3ccc(C4CCN(CCN)C4)nc32)o1. The molecule has 0 amide bonds. The first-order chi connectivity index (χ1) is 12.1. The lowest BCUT2D eigenvalue weighted by molar-refractivity contribution is 0.343. The van der Waals surface area contributed by atoms with Crippen molar-refractivity contribution in [2.45, 2.75) is 25.8 Å². The Hall–Kier alpha value is -2.38. The van der Waals surface area contributed by atoms with Crippen LogP contribution >= 0.6 is 0 Å². The van der Waals surface area contributed by atoms with Gasteiger partial charge >= 0.3 is 0 Å². The number of furan rings is 1. The molecule has 1 fully saturated rings. The van der Waals surface area contributed by atoms with Crippen LogP contribution in [-0.2, 0) is 6.54 Å². The summed E-state index contributed by atoms with van der Waals surface area (Å²) < 4.78 is 7.60. The van der Waals surface area contributed by atoms with Crippen molar-refractivity contribution in [3.8, 4) is 0 Å². The first-order valence-corrected chi connectivity index (χ1v) is 8.74. The van der Waals surface area contributed by atoms with Crippen LogP contribution in [0.5, 0.6) is 0 Å². The second kappa shape index (κ2) is 6.50. The van der Waals surface area contributed by atoms with Crippen LogP contribution < -0.4 is 11.5 Å². The number of imidazole rings is 1. The van der Waals surface area contributed by atoms with Crippen LogP contribution in [0.25, 0.3) is 11.2 Å². The Balaban J connectivity index is 1.64. The smallest absolute Gasteiger partial charge is 0.202 e. The minimum atomic E-state index is 0.436. The predicted molar refractivity (Wildman–Crippen MR) is 97.3 cm³/mol. The van der Waals surface area contributed by atoms with E-state index in [1.54, 1.807) is 0 Å². The normalized spacial score (nSPS) is 18.4. The number of aryl methyl sites for hydroxylation is 1. The molecule has 0 aliphatic carbocycles. The molecule has 1 saturated heterocycles. The van der Waals surface area contributed by atoms with Gasteiger partial charge in [-0.1, -0.05) is 0 Å². The summed E-state index contributed by atoms with van der Waals surface area (Å²) in [4.78, 5) is 11.7. The minimum absolute atomic E-state index is 0.436. The summed E-state index contributed by atoms with van der Waals surface area (Å²) in [6, 6.07) is 8.01. The van der Waals surface area contributed by atoms with E-state index in [4.69, 9.17) is 20.9 Å². The van der Waals surface area contributed by atoms with Crippen molar-refractivity contribution in [1.29, 1.82) is 0 Å². The maximum Gasteiger partial charge on any atom is 0.202 e. The molecule has 7 nitrogen and oxygen atoms in total. The Kier molecular flexibility index (Phi) is 4.19. The van der Waals surface area contributed by atoms with E-state index in [9.17, 15) is 0 Å². The summed E-state index contributed by atoms with van der Waals surface area (Å²) in [5, 5.41) is 0. The second-order valence-electron chi connectivity index (χ2n) is 6.72. The summed E-state index contributed by atoms with van der Waals surface area (Å²) in [6.45, 7) is 6.21. The van der Waals surface area contributed by atoms with Gasteiger partial charge in [0.2, 0.25) is 5.95 Å². The molecule has 0 bridgehead atoms. The third-order valence-corrected chi connectivity index (χ3v) is 4.89. The highest BCUT2D eigenvalue weighted by Gasteiger charge is 2.25. The number of hydrogen-bond donors (Lipinski definition) is 2. The molecule has 3 aromatic heterocycles. The Morgan fingerprint density at radius 2 is 2.12 bits per heavy atom. The highest BCUT2D eigenvalue weighted by Crippen LogP contribution is 2.28. The average Bonchev–Trinajstić information content (AvgIpc) is 3.29. The molecule has 1 aliphatic heterocycles. The molecule has 1 atom stereocenters. The van der Waals surface area contributed by atoms with Gasteiger partial charge in [-0.2, -0.15) is 0 Å². The Bertz CT molecular complexity index is 883. The van der Waals surface area contributed by atoms with Gasteiger partial charge in [-0.05, 0) is 44.2 Å². The highest BCUT2D eigenvalue weighted by molar-refractivity contribution is 5.74. The van der Waals surface area contributed by atoms with Crippen molar-refractivity contribution in [2.24, 2.45) is 5.73 Å². The van der Waals surface area contributed by atoms with E-state index in [2.05, 4.69) is 16.0 Å². The van der Waals surface area contributed by atoms with Crippen molar-refractivity contribution < 1.29 is 4.42 Å². The number of pyridine rings is 1.